The van der Waals surface area contributed by atoms with Gasteiger partial charge in [-0.3, -0.25) is 19.8 Å². The van der Waals surface area contributed by atoms with Crippen molar-refractivity contribution < 1.29 is 28.3 Å². The van der Waals surface area contributed by atoms with E-state index >= 15 is 0 Å². The van der Waals surface area contributed by atoms with Gasteiger partial charge < -0.3 is 13.9 Å². The van der Waals surface area contributed by atoms with Gasteiger partial charge in [-0.25, -0.2) is 4.79 Å². The number of barbiturate groups is 1. The first-order valence-corrected chi connectivity index (χ1v) is 11.7. The minimum atomic E-state index is -0.801. The molecule has 0 unspecified atom stereocenters. The van der Waals surface area contributed by atoms with Crippen molar-refractivity contribution >= 4 is 39.9 Å². The molecule has 35 heavy (non-hydrogen) atoms. The van der Waals surface area contributed by atoms with Gasteiger partial charge in [0.1, 0.15) is 17.9 Å². The van der Waals surface area contributed by atoms with Crippen LogP contribution < -0.4 is 14.8 Å². The molecule has 8 nitrogen and oxygen atoms in total. The van der Waals surface area contributed by atoms with Crippen LogP contribution in [0.4, 0.5) is 4.79 Å². The highest BCUT2D eigenvalue weighted by Crippen LogP contribution is 2.38. The molecule has 9 heteroatoms. The second-order valence-electron chi connectivity index (χ2n) is 7.83. The van der Waals surface area contributed by atoms with Crippen molar-refractivity contribution in [1.82, 2.24) is 10.2 Å². The van der Waals surface area contributed by atoms with Gasteiger partial charge in [0.25, 0.3) is 11.8 Å². The molecule has 2 aromatic carbocycles. The highest BCUT2D eigenvalue weighted by Gasteiger charge is 2.36. The lowest BCUT2D eigenvalue weighted by atomic mass is 10.1. The van der Waals surface area contributed by atoms with Gasteiger partial charge in [0.2, 0.25) is 0 Å². The molecule has 180 valence electrons. The fraction of sp³-hybridized carbons (Fsp3) is 0.192. The van der Waals surface area contributed by atoms with Gasteiger partial charge >= 0.3 is 6.03 Å². The van der Waals surface area contributed by atoms with Crippen molar-refractivity contribution in [3.63, 3.8) is 0 Å². The van der Waals surface area contributed by atoms with Gasteiger partial charge in [0.05, 0.1) is 23.9 Å². The molecular formula is C26H23BrN2O6. The van der Waals surface area contributed by atoms with Crippen molar-refractivity contribution in [3.05, 3.63) is 87.3 Å². The van der Waals surface area contributed by atoms with Crippen LogP contribution in [0.2, 0.25) is 0 Å². The summed E-state index contributed by atoms with van der Waals surface area (Å²) in [5.41, 5.74) is 2.50. The zero-order valence-electron chi connectivity index (χ0n) is 19.2. The van der Waals surface area contributed by atoms with E-state index in [0.29, 0.717) is 40.5 Å². The number of halogens is 1. The van der Waals surface area contributed by atoms with Gasteiger partial charge in [-0.1, -0.05) is 29.8 Å². The molecule has 0 atom stereocenters. The van der Waals surface area contributed by atoms with Gasteiger partial charge in [-0.2, -0.15) is 0 Å². The molecule has 1 fully saturated rings. The Morgan fingerprint density at radius 2 is 1.86 bits per heavy atom. The summed E-state index contributed by atoms with van der Waals surface area (Å²) in [7, 11) is 0. The summed E-state index contributed by atoms with van der Waals surface area (Å²) in [4.78, 5) is 38.6. The zero-order valence-corrected chi connectivity index (χ0v) is 20.8. The van der Waals surface area contributed by atoms with E-state index in [1.54, 1.807) is 24.3 Å². The molecule has 0 radical (unpaired) electrons. The smallest absolute Gasteiger partial charge is 0.331 e. The van der Waals surface area contributed by atoms with E-state index in [1.807, 2.05) is 38.1 Å². The Morgan fingerprint density at radius 3 is 2.54 bits per heavy atom. The molecule has 1 aromatic heterocycles. The Hall–Kier alpha value is -3.85. The Kier molecular flexibility index (Phi) is 7.36. The summed E-state index contributed by atoms with van der Waals surface area (Å²) in [6.45, 7) is 4.49. The molecular weight excluding hydrogens is 516 g/mol. The highest BCUT2D eigenvalue weighted by molar-refractivity contribution is 9.10. The monoisotopic (exact) mass is 538 g/mol. The maximum Gasteiger partial charge on any atom is 0.331 e. The lowest BCUT2D eigenvalue weighted by Crippen LogP contribution is -2.53. The number of furan rings is 1. The standard InChI is InChI=1S/C26H23BrN2O6/c1-3-33-22-13-18(12-21(27)23(22)35-15-17-8-6-16(2)7-9-17)11-20-24(30)28-26(32)29(25(20)31)14-19-5-4-10-34-19/h4-13H,3,14-15H2,1-2H3,(H,28,30,32)/b20-11+. The number of amides is 4. The third-order valence-corrected chi connectivity index (χ3v) is 5.82. The van der Waals surface area contributed by atoms with E-state index in [2.05, 4.69) is 21.2 Å². The number of urea groups is 1. The first kappa shape index (κ1) is 24.3. The van der Waals surface area contributed by atoms with Crippen molar-refractivity contribution in [1.29, 1.82) is 0 Å². The van der Waals surface area contributed by atoms with E-state index in [0.717, 1.165) is 16.0 Å². The SMILES string of the molecule is CCOc1cc(/C=C2\C(=O)NC(=O)N(Cc3ccco3)C2=O)cc(Br)c1OCc1ccc(C)cc1. The maximum atomic E-state index is 13.0. The van der Waals surface area contributed by atoms with Gasteiger partial charge in [-0.05, 0) is 71.2 Å². The van der Waals surface area contributed by atoms with Crippen LogP contribution in [-0.2, 0) is 22.7 Å². The van der Waals surface area contributed by atoms with Crippen LogP contribution in [0.15, 0.2) is 69.3 Å². The summed E-state index contributed by atoms with van der Waals surface area (Å²) >= 11 is 3.51. The summed E-state index contributed by atoms with van der Waals surface area (Å²) in [6, 6.07) is 13.9. The second kappa shape index (κ2) is 10.6. The number of carbonyl (C=O) groups is 3. The predicted octanol–water partition coefficient (Wildman–Crippen LogP) is 4.99. The lowest BCUT2D eigenvalue weighted by molar-refractivity contribution is -0.130. The number of aryl methyl sites for hydroxylation is 1. The summed E-state index contributed by atoms with van der Waals surface area (Å²) < 4.78 is 17.6. The van der Waals surface area contributed by atoms with Crippen LogP contribution in [0.3, 0.4) is 0 Å². The Morgan fingerprint density at radius 1 is 1.09 bits per heavy atom. The molecule has 2 heterocycles. The fourth-order valence-corrected chi connectivity index (χ4v) is 4.05. The summed E-state index contributed by atoms with van der Waals surface area (Å²) in [6.07, 6.45) is 2.86. The van der Waals surface area contributed by atoms with E-state index in [-0.39, 0.29) is 12.1 Å². The molecule has 1 N–H and O–H groups in total. The van der Waals surface area contributed by atoms with Crippen LogP contribution in [-0.4, -0.2) is 29.4 Å². The minimum absolute atomic E-state index is 0.0953. The molecule has 1 aliphatic rings. The molecule has 0 saturated carbocycles. The Labute approximate surface area is 210 Å². The molecule has 1 aliphatic heterocycles. The number of nitrogens with one attached hydrogen (secondary N) is 1. The van der Waals surface area contributed by atoms with Crippen molar-refractivity contribution in [2.24, 2.45) is 0 Å². The summed E-state index contributed by atoms with van der Waals surface area (Å²) in [5, 5.41) is 2.20. The first-order chi connectivity index (χ1) is 16.9. The quantitative estimate of drug-likeness (QED) is 0.320. The average Bonchev–Trinajstić information content (AvgIpc) is 3.34. The van der Waals surface area contributed by atoms with E-state index < -0.39 is 17.8 Å². The topological polar surface area (TPSA) is 98.1 Å². The van der Waals surface area contributed by atoms with Crippen molar-refractivity contribution in [2.45, 2.75) is 27.0 Å². The third kappa shape index (κ3) is 5.63. The normalized spacial score (nSPS) is 14.9. The largest absolute Gasteiger partial charge is 0.490 e. The van der Waals surface area contributed by atoms with Crippen molar-refractivity contribution in [2.75, 3.05) is 6.61 Å². The fourth-order valence-electron chi connectivity index (χ4n) is 3.48. The number of ether oxygens (including phenoxy) is 2. The van der Waals surface area contributed by atoms with Gasteiger partial charge in [-0.15, -0.1) is 0 Å². The molecule has 1 saturated heterocycles. The van der Waals surface area contributed by atoms with Crippen molar-refractivity contribution in [3.8, 4) is 11.5 Å². The average molecular weight is 539 g/mol. The Balaban J connectivity index is 1.61. The highest BCUT2D eigenvalue weighted by atomic mass is 79.9. The number of benzene rings is 2. The number of nitrogens with zero attached hydrogens (tertiary/aromatic N) is 1. The number of carbonyl (C=O) groups excluding carboxylic acids is 3. The van der Waals surface area contributed by atoms with Crippen LogP contribution in [0.5, 0.6) is 11.5 Å². The Bertz CT molecular complexity index is 1280. The predicted molar refractivity (Wildman–Crippen MR) is 132 cm³/mol. The molecule has 0 spiro atoms. The zero-order chi connectivity index (χ0) is 24.9. The summed E-state index contributed by atoms with van der Waals surface area (Å²) in [5.74, 6) is -0.122. The van der Waals surface area contributed by atoms with Gasteiger partial charge in [0, 0.05) is 0 Å². The van der Waals surface area contributed by atoms with Crippen LogP contribution >= 0.6 is 15.9 Å². The van der Waals surface area contributed by atoms with E-state index in [4.69, 9.17) is 13.9 Å². The third-order valence-electron chi connectivity index (χ3n) is 5.23. The maximum absolute atomic E-state index is 13.0. The molecule has 0 aliphatic carbocycles. The van der Waals surface area contributed by atoms with E-state index in [9.17, 15) is 14.4 Å². The molecule has 0 bridgehead atoms. The minimum Gasteiger partial charge on any atom is -0.490 e. The van der Waals surface area contributed by atoms with Crippen LogP contribution in [0.1, 0.15) is 29.4 Å². The van der Waals surface area contributed by atoms with Gasteiger partial charge in [0.15, 0.2) is 11.5 Å². The number of rotatable bonds is 8. The lowest BCUT2D eigenvalue weighted by Gasteiger charge is -2.25. The number of hydrogen-bond donors (Lipinski definition) is 1. The second-order valence-corrected chi connectivity index (χ2v) is 8.68. The molecule has 4 amide bonds. The first-order valence-electron chi connectivity index (χ1n) is 10.9. The number of hydrogen-bond acceptors (Lipinski definition) is 6. The van der Waals surface area contributed by atoms with Crippen LogP contribution in [0.25, 0.3) is 6.08 Å². The van der Waals surface area contributed by atoms with Crippen LogP contribution in [0, 0.1) is 6.92 Å². The molecule has 4 rings (SSSR count). The number of imide groups is 2. The molecule has 3 aromatic rings. The van der Waals surface area contributed by atoms with E-state index in [1.165, 1.54) is 12.3 Å².